The third-order valence-electron chi connectivity index (χ3n) is 7.33. The van der Waals surface area contributed by atoms with Crippen LogP contribution in [0.15, 0.2) is 90.5 Å². The summed E-state index contributed by atoms with van der Waals surface area (Å²) in [6, 6.07) is 29.0. The lowest BCUT2D eigenvalue weighted by Gasteiger charge is -2.37. The highest BCUT2D eigenvalue weighted by Gasteiger charge is 2.38. The molecule has 34 heavy (non-hydrogen) atoms. The zero-order chi connectivity index (χ0) is 22.6. The highest BCUT2D eigenvalue weighted by molar-refractivity contribution is 6.13. The van der Waals surface area contributed by atoms with Gasteiger partial charge in [0.05, 0.1) is 6.04 Å². The van der Waals surface area contributed by atoms with Crippen LogP contribution in [0.4, 0.5) is 5.69 Å². The SMILES string of the molecule is O=C1C[C@@H](c2ccccc2)CC2=C1[C@@H](c1ccc3c(c1)OCO3)Nc1ccc3ccccc3c12. The van der Waals surface area contributed by atoms with Crippen LogP contribution in [0, 0.1) is 0 Å². The summed E-state index contributed by atoms with van der Waals surface area (Å²) in [4.78, 5) is 13.8. The summed E-state index contributed by atoms with van der Waals surface area (Å²) in [5.41, 5.74) is 6.53. The standard InChI is InChI=1S/C30H23NO3/c32-25-15-21(18-6-2-1-3-7-18)14-23-28-22-9-5-4-8-19(22)10-12-24(28)31-30(29(23)25)20-11-13-26-27(16-20)34-17-33-26/h1-13,16,21,30-31H,14-15,17H2/t21-,30+/m0/s1. The van der Waals surface area contributed by atoms with E-state index in [1.807, 2.05) is 24.3 Å². The van der Waals surface area contributed by atoms with Gasteiger partial charge in [-0.2, -0.15) is 0 Å². The molecule has 0 spiro atoms. The largest absolute Gasteiger partial charge is 0.454 e. The molecule has 0 bridgehead atoms. The molecular formula is C30H23NO3. The average Bonchev–Trinajstić information content (AvgIpc) is 3.36. The zero-order valence-electron chi connectivity index (χ0n) is 18.6. The predicted octanol–water partition coefficient (Wildman–Crippen LogP) is 6.64. The van der Waals surface area contributed by atoms with Crippen molar-refractivity contribution in [1.82, 2.24) is 0 Å². The van der Waals surface area contributed by atoms with Crippen molar-refractivity contribution in [2.45, 2.75) is 24.8 Å². The van der Waals surface area contributed by atoms with E-state index in [2.05, 4.69) is 66.0 Å². The van der Waals surface area contributed by atoms with Gasteiger partial charge in [0.2, 0.25) is 6.79 Å². The molecule has 4 nitrogen and oxygen atoms in total. The van der Waals surface area contributed by atoms with Crippen LogP contribution in [0.1, 0.15) is 41.5 Å². The van der Waals surface area contributed by atoms with Crippen molar-refractivity contribution >= 4 is 27.8 Å². The fourth-order valence-corrected chi connectivity index (χ4v) is 5.75. The van der Waals surface area contributed by atoms with Crippen LogP contribution >= 0.6 is 0 Å². The quantitative estimate of drug-likeness (QED) is 0.376. The lowest BCUT2D eigenvalue weighted by Crippen LogP contribution is -2.29. The van der Waals surface area contributed by atoms with E-state index in [0.717, 1.165) is 34.7 Å². The van der Waals surface area contributed by atoms with E-state index >= 15 is 0 Å². The molecule has 0 unspecified atom stereocenters. The third-order valence-corrected chi connectivity index (χ3v) is 7.33. The van der Waals surface area contributed by atoms with Crippen LogP contribution in [0.5, 0.6) is 11.5 Å². The van der Waals surface area contributed by atoms with Gasteiger partial charge in [-0.25, -0.2) is 0 Å². The first kappa shape index (κ1) is 19.4. The van der Waals surface area contributed by atoms with Crippen LogP contribution in [0.3, 0.4) is 0 Å². The predicted molar refractivity (Wildman–Crippen MR) is 133 cm³/mol. The van der Waals surface area contributed by atoms with Crippen molar-refractivity contribution in [2.75, 3.05) is 12.1 Å². The number of fused-ring (bicyclic) bond motifs is 5. The Labute approximate surface area is 197 Å². The summed E-state index contributed by atoms with van der Waals surface area (Å²) >= 11 is 0. The molecule has 0 saturated carbocycles. The fraction of sp³-hybridized carbons (Fsp3) is 0.167. The third kappa shape index (κ3) is 2.95. The van der Waals surface area contributed by atoms with Crippen LogP contribution < -0.4 is 14.8 Å². The molecule has 1 N–H and O–H groups in total. The first-order valence-corrected chi connectivity index (χ1v) is 11.8. The van der Waals surface area contributed by atoms with E-state index in [-0.39, 0.29) is 24.5 Å². The molecule has 2 atom stereocenters. The number of allylic oxidation sites excluding steroid dienone is 1. The second-order valence-electron chi connectivity index (χ2n) is 9.23. The van der Waals surface area contributed by atoms with Crippen molar-refractivity contribution in [3.05, 3.63) is 107 Å². The molecule has 4 heteroatoms. The highest BCUT2D eigenvalue weighted by Crippen LogP contribution is 2.51. The number of anilines is 1. The molecule has 2 heterocycles. The number of hydrogen-bond acceptors (Lipinski definition) is 4. The normalized spacial score (nSPS) is 20.6. The fourth-order valence-electron chi connectivity index (χ4n) is 5.75. The van der Waals surface area contributed by atoms with Crippen LogP contribution in [0.2, 0.25) is 0 Å². The van der Waals surface area contributed by atoms with Gasteiger partial charge >= 0.3 is 0 Å². The Balaban J connectivity index is 1.44. The van der Waals surface area contributed by atoms with Gasteiger partial charge in [0.15, 0.2) is 17.3 Å². The molecule has 0 radical (unpaired) electrons. The Bertz CT molecular complexity index is 1490. The monoisotopic (exact) mass is 445 g/mol. The average molecular weight is 446 g/mol. The Morgan fingerprint density at radius 3 is 2.50 bits per heavy atom. The maximum atomic E-state index is 13.8. The summed E-state index contributed by atoms with van der Waals surface area (Å²) < 4.78 is 11.2. The van der Waals surface area contributed by atoms with E-state index in [1.165, 1.54) is 27.5 Å². The Morgan fingerprint density at radius 1 is 0.765 bits per heavy atom. The number of ether oxygens (including phenoxy) is 2. The van der Waals surface area contributed by atoms with E-state index in [9.17, 15) is 4.79 Å². The number of carbonyl (C=O) groups excluding carboxylic acids is 1. The zero-order valence-corrected chi connectivity index (χ0v) is 18.6. The molecule has 0 amide bonds. The molecule has 0 fully saturated rings. The number of Topliss-reactive ketones (excluding diaryl/α,β-unsaturated/α-hetero) is 1. The minimum Gasteiger partial charge on any atom is -0.454 e. The van der Waals surface area contributed by atoms with Gasteiger partial charge in [0.1, 0.15) is 0 Å². The molecule has 4 aromatic carbocycles. The molecule has 1 aliphatic carbocycles. The molecule has 0 aromatic heterocycles. The molecule has 2 aliphatic heterocycles. The number of benzene rings is 4. The highest BCUT2D eigenvalue weighted by atomic mass is 16.7. The Kier molecular flexibility index (Phi) is 4.28. The van der Waals surface area contributed by atoms with Crippen LogP contribution in [0.25, 0.3) is 16.3 Å². The Hall–Kier alpha value is -4.05. The summed E-state index contributed by atoms with van der Waals surface area (Å²) in [5, 5.41) is 6.08. The molecule has 4 aromatic rings. The summed E-state index contributed by atoms with van der Waals surface area (Å²) in [6.45, 7) is 0.233. The lowest BCUT2D eigenvalue weighted by molar-refractivity contribution is -0.116. The van der Waals surface area contributed by atoms with Gasteiger partial charge in [0.25, 0.3) is 0 Å². The van der Waals surface area contributed by atoms with E-state index < -0.39 is 0 Å². The minimum absolute atomic E-state index is 0.176. The van der Waals surface area contributed by atoms with Crippen LogP contribution in [-0.4, -0.2) is 12.6 Å². The lowest BCUT2D eigenvalue weighted by atomic mass is 9.71. The van der Waals surface area contributed by atoms with Gasteiger partial charge in [-0.05, 0) is 58.0 Å². The second kappa shape index (κ2) is 7.49. The van der Waals surface area contributed by atoms with Gasteiger partial charge in [-0.15, -0.1) is 0 Å². The maximum absolute atomic E-state index is 13.8. The number of rotatable bonds is 2. The number of nitrogens with one attached hydrogen (secondary N) is 1. The second-order valence-corrected chi connectivity index (χ2v) is 9.23. The number of ketones is 1. The van der Waals surface area contributed by atoms with Gasteiger partial charge in [-0.3, -0.25) is 4.79 Å². The molecule has 166 valence electrons. The summed E-state index contributed by atoms with van der Waals surface area (Å²) in [5.74, 6) is 1.87. The van der Waals surface area contributed by atoms with E-state index in [4.69, 9.17) is 9.47 Å². The number of carbonyl (C=O) groups is 1. The minimum atomic E-state index is -0.220. The van der Waals surface area contributed by atoms with Gasteiger partial charge in [0, 0.05) is 23.2 Å². The smallest absolute Gasteiger partial charge is 0.231 e. The molecule has 3 aliphatic rings. The Morgan fingerprint density at radius 2 is 1.59 bits per heavy atom. The molecular weight excluding hydrogens is 422 g/mol. The summed E-state index contributed by atoms with van der Waals surface area (Å²) in [6.07, 6.45) is 1.36. The van der Waals surface area contributed by atoms with Gasteiger partial charge < -0.3 is 14.8 Å². The van der Waals surface area contributed by atoms with E-state index in [1.54, 1.807) is 0 Å². The van der Waals surface area contributed by atoms with Crippen molar-refractivity contribution in [2.24, 2.45) is 0 Å². The van der Waals surface area contributed by atoms with Gasteiger partial charge in [-0.1, -0.05) is 66.7 Å². The first-order valence-electron chi connectivity index (χ1n) is 11.8. The van der Waals surface area contributed by atoms with Crippen molar-refractivity contribution in [1.29, 1.82) is 0 Å². The van der Waals surface area contributed by atoms with Crippen molar-refractivity contribution < 1.29 is 14.3 Å². The van der Waals surface area contributed by atoms with E-state index in [0.29, 0.717) is 6.42 Å². The van der Waals surface area contributed by atoms with Crippen molar-refractivity contribution in [3.8, 4) is 11.5 Å². The molecule has 7 rings (SSSR count). The first-order chi connectivity index (χ1) is 16.8. The number of hydrogen-bond donors (Lipinski definition) is 1. The maximum Gasteiger partial charge on any atom is 0.231 e. The van der Waals surface area contributed by atoms with Crippen LogP contribution in [-0.2, 0) is 4.79 Å². The molecule has 0 saturated heterocycles. The van der Waals surface area contributed by atoms with Crippen molar-refractivity contribution in [3.63, 3.8) is 0 Å². The summed E-state index contributed by atoms with van der Waals surface area (Å²) in [7, 11) is 0. The topological polar surface area (TPSA) is 47.6 Å².